The van der Waals surface area contributed by atoms with Crippen LogP contribution in [0.4, 0.5) is 10.5 Å². The van der Waals surface area contributed by atoms with E-state index >= 15 is 0 Å². The topological polar surface area (TPSA) is 78.7 Å². The standard InChI is InChI=1S/C22H25N5O2/c1-15(2)21(28)27-13-18(14-27)17-3-5-19(6-4-17)25-22(29)24-12-16-7-9-26-10-8-23-20(26)11-16/h3-11,15,18H,12-14H2,1-2H3,(H2,24,25,29). The SMILES string of the molecule is CC(C)C(=O)N1CC(c2ccc(NC(=O)NCc3ccn4ccnc4c3)cc2)C1. The van der Waals surface area contributed by atoms with Gasteiger partial charge in [0.1, 0.15) is 5.65 Å². The summed E-state index contributed by atoms with van der Waals surface area (Å²) in [6.07, 6.45) is 5.55. The van der Waals surface area contributed by atoms with Crippen LogP contribution in [0, 0.1) is 5.92 Å². The molecule has 1 fully saturated rings. The van der Waals surface area contributed by atoms with Crippen LogP contribution in [0.3, 0.4) is 0 Å². The Kier molecular flexibility index (Phi) is 5.20. The van der Waals surface area contributed by atoms with Crippen molar-refractivity contribution < 1.29 is 9.59 Å². The minimum Gasteiger partial charge on any atom is -0.341 e. The second kappa shape index (κ2) is 7.95. The fourth-order valence-corrected chi connectivity index (χ4v) is 3.49. The summed E-state index contributed by atoms with van der Waals surface area (Å²) in [6.45, 7) is 5.82. The Morgan fingerprint density at radius 2 is 1.90 bits per heavy atom. The lowest BCUT2D eigenvalue weighted by atomic mass is 9.90. The van der Waals surface area contributed by atoms with Gasteiger partial charge in [-0.15, -0.1) is 0 Å². The van der Waals surface area contributed by atoms with E-state index in [0.29, 0.717) is 12.5 Å². The number of anilines is 1. The second-order valence-corrected chi connectivity index (χ2v) is 7.75. The molecule has 0 unspecified atom stereocenters. The quantitative estimate of drug-likeness (QED) is 0.701. The summed E-state index contributed by atoms with van der Waals surface area (Å²) in [5.41, 5.74) is 3.77. The number of carbonyl (C=O) groups is 2. The lowest BCUT2D eigenvalue weighted by molar-refractivity contribution is -0.138. The fourth-order valence-electron chi connectivity index (χ4n) is 3.49. The minimum absolute atomic E-state index is 0.0441. The molecule has 1 aliphatic heterocycles. The third-order valence-corrected chi connectivity index (χ3v) is 5.24. The molecule has 1 aromatic carbocycles. The van der Waals surface area contributed by atoms with Gasteiger partial charge in [-0.1, -0.05) is 26.0 Å². The first-order chi connectivity index (χ1) is 14.0. The van der Waals surface area contributed by atoms with Gasteiger partial charge in [0.2, 0.25) is 5.91 Å². The second-order valence-electron chi connectivity index (χ2n) is 7.75. The minimum atomic E-state index is -0.252. The van der Waals surface area contributed by atoms with Crippen LogP contribution >= 0.6 is 0 Å². The number of rotatable bonds is 5. The Balaban J connectivity index is 1.26. The zero-order valence-corrected chi connectivity index (χ0v) is 16.6. The van der Waals surface area contributed by atoms with Crippen molar-refractivity contribution >= 4 is 23.3 Å². The first-order valence-electron chi connectivity index (χ1n) is 9.85. The van der Waals surface area contributed by atoms with Gasteiger partial charge in [-0.05, 0) is 35.4 Å². The normalized spacial score (nSPS) is 14.1. The number of pyridine rings is 1. The Morgan fingerprint density at radius 3 is 2.62 bits per heavy atom. The number of hydrogen-bond donors (Lipinski definition) is 2. The lowest BCUT2D eigenvalue weighted by Crippen LogP contribution is -2.49. The van der Waals surface area contributed by atoms with E-state index in [9.17, 15) is 9.59 Å². The lowest BCUT2D eigenvalue weighted by Gasteiger charge is -2.40. The first-order valence-corrected chi connectivity index (χ1v) is 9.85. The van der Waals surface area contributed by atoms with E-state index in [1.165, 1.54) is 5.56 Å². The molecule has 3 aromatic rings. The molecule has 2 N–H and O–H groups in total. The number of hydrogen-bond acceptors (Lipinski definition) is 3. The van der Waals surface area contributed by atoms with Gasteiger partial charge < -0.3 is 19.9 Å². The molecule has 0 atom stereocenters. The van der Waals surface area contributed by atoms with Crippen LogP contribution < -0.4 is 10.6 Å². The summed E-state index contributed by atoms with van der Waals surface area (Å²) in [7, 11) is 0. The van der Waals surface area contributed by atoms with Crippen molar-refractivity contribution in [2.75, 3.05) is 18.4 Å². The van der Waals surface area contributed by atoms with E-state index in [2.05, 4.69) is 15.6 Å². The molecule has 1 saturated heterocycles. The van der Waals surface area contributed by atoms with E-state index in [4.69, 9.17) is 0 Å². The summed E-state index contributed by atoms with van der Waals surface area (Å²) in [5, 5.41) is 5.71. The van der Waals surface area contributed by atoms with Crippen molar-refractivity contribution in [2.45, 2.75) is 26.3 Å². The number of carbonyl (C=O) groups excluding carboxylic acids is 2. The molecule has 7 heteroatoms. The van der Waals surface area contributed by atoms with Gasteiger partial charge in [-0.2, -0.15) is 0 Å². The predicted molar refractivity (Wildman–Crippen MR) is 112 cm³/mol. The molecule has 0 bridgehead atoms. The van der Waals surface area contributed by atoms with Crippen molar-refractivity contribution in [3.8, 4) is 0 Å². The predicted octanol–water partition coefficient (Wildman–Crippen LogP) is 3.24. The maximum absolute atomic E-state index is 12.2. The maximum atomic E-state index is 12.2. The third-order valence-electron chi connectivity index (χ3n) is 5.24. The van der Waals surface area contributed by atoms with Gasteiger partial charge in [-0.3, -0.25) is 4.79 Å². The number of urea groups is 1. The Hall–Kier alpha value is -3.35. The average molecular weight is 391 g/mol. The Morgan fingerprint density at radius 1 is 1.14 bits per heavy atom. The molecule has 29 heavy (non-hydrogen) atoms. The molecule has 1 aliphatic rings. The zero-order chi connectivity index (χ0) is 20.4. The molecule has 4 rings (SSSR count). The van der Waals surface area contributed by atoms with Gasteiger partial charge >= 0.3 is 6.03 Å². The molecule has 7 nitrogen and oxygen atoms in total. The van der Waals surface area contributed by atoms with E-state index in [1.54, 1.807) is 6.20 Å². The van der Waals surface area contributed by atoms with Crippen LogP contribution in [0.2, 0.25) is 0 Å². The van der Waals surface area contributed by atoms with E-state index in [-0.39, 0.29) is 17.9 Å². The smallest absolute Gasteiger partial charge is 0.319 e. The van der Waals surface area contributed by atoms with Gasteiger partial charge in [-0.25, -0.2) is 9.78 Å². The molecule has 0 spiro atoms. The molecule has 2 aromatic heterocycles. The van der Waals surface area contributed by atoms with Crippen LogP contribution in [0.15, 0.2) is 55.0 Å². The van der Waals surface area contributed by atoms with E-state index in [0.717, 1.165) is 30.0 Å². The summed E-state index contributed by atoms with van der Waals surface area (Å²) in [5.74, 6) is 0.629. The van der Waals surface area contributed by atoms with E-state index in [1.807, 2.05) is 71.9 Å². The number of aromatic nitrogens is 2. The number of fused-ring (bicyclic) bond motifs is 1. The summed E-state index contributed by atoms with van der Waals surface area (Å²) < 4.78 is 1.92. The van der Waals surface area contributed by atoms with Gasteiger partial charge in [0.25, 0.3) is 0 Å². The number of likely N-dealkylation sites (tertiary alicyclic amines) is 1. The van der Waals surface area contributed by atoms with Crippen molar-refractivity contribution in [1.82, 2.24) is 19.6 Å². The summed E-state index contributed by atoms with van der Waals surface area (Å²) >= 11 is 0. The molecule has 150 valence electrons. The van der Waals surface area contributed by atoms with Gasteiger partial charge in [0.05, 0.1) is 0 Å². The Labute approximate surface area is 169 Å². The molecule has 0 aliphatic carbocycles. The highest BCUT2D eigenvalue weighted by molar-refractivity contribution is 5.89. The van der Waals surface area contributed by atoms with Crippen LogP contribution in [0.1, 0.15) is 30.9 Å². The average Bonchev–Trinajstić information content (AvgIpc) is 3.14. The molecule has 0 saturated carbocycles. The van der Waals surface area contributed by atoms with Crippen LogP contribution in [0.5, 0.6) is 0 Å². The maximum Gasteiger partial charge on any atom is 0.319 e. The molecular formula is C22H25N5O2. The Bertz CT molecular complexity index is 1020. The number of nitrogens with zero attached hydrogens (tertiary/aromatic N) is 3. The molecule has 3 heterocycles. The van der Waals surface area contributed by atoms with Gasteiger partial charge in [0, 0.05) is 55.7 Å². The highest BCUT2D eigenvalue weighted by Gasteiger charge is 2.32. The van der Waals surface area contributed by atoms with Crippen molar-refractivity contribution in [1.29, 1.82) is 0 Å². The molecule has 0 radical (unpaired) electrons. The largest absolute Gasteiger partial charge is 0.341 e. The number of nitrogens with one attached hydrogen (secondary N) is 2. The third kappa shape index (κ3) is 4.23. The number of amides is 3. The summed E-state index contributed by atoms with van der Waals surface area (Å²) in [4.78, 5) is 30.3. The van der Waals surface area contributed by atoms with E-state index < -0.39 is 0 Å². The molecule has 3 amide bonds. The monoisotopic (exact) mass is 391 g/mol. The van der Waals surface area contributed by atoms with Crippen molar-refractivity contribution in [3.63, 3.8) is 0 Å². The highest BCUT2D eigenvalue weighted by atomic mass is 16.2. The zero-order valence-electron chi connectivity index (χ0n) is 16.6. The summed E-state index contributed by atoms with van der Waals surface area (Å²) in [6, 6.07) is 11.5. The van der Waals surface area contributed by atoms with Crippen LogP contribution in [-0.4, -0.2) is 39.3 Å². The number of imidazole rings is 1. The highest BCUT2D eigenvalue weighted by Crippen LogP contribution is 2.28. The van der Waals surface area contributed by atoms with Crippen LogP contribution in [0.25, 0.3) is 5.65 Å². The van der Waals surface area contributed by atoms with Crippen molar-refractivity contribution in [2.24, 2.45) is 5.92 Å². The van der Waals surface area contributed by atoms with Crippen LogP contribution in [-0.2, 0) is 11.3 Å². The molecular weight excluding hydrogens is 366 g/mol. The number of benzene rings is 1. The van der Waals surface area contributed by atoms with Gasteiger partial charge in [0.15, 0.2) is 0 Å². The first kappa shape index (κ1) is 19.0. The van der Waals surface area contributed by atoms with Crippen molar-refractivity contribution in [3.05, 3.63) is 66.1 Å². The fraction of sp³-hybridized carbons (Fsp3) is 0.318.